The lowest BCUT2D eigenvalue weighted by atomic mass is 10.1. The molecule has 96 valence electrons. The third kappa shape index (κ3) is 2.22. The van der Waals surface area contributed by atoms with E-state index >= 15 is 0 Å². The van der Waals surface area contributed by atoms with Crippen molar-refractivity contribution >= 4 is 0 Å². The van der Waals surface area contributed by atoms with E-state index in [4.69, 9.17) is 9.15 Å². The first-order chi connectivity index (χ1) is 8.67. The van der Waals surface area contributed by atoms with Gasteiger partial charge in [0.15, 0.2) is 5.76 Å². The van der Waals surface area contributed by atoms with E-state index in [-0.39, 0.29) is 6.04 Å². The van der Waals surface area contributed by atoms with Crippen molar-refractivity contribution in [2.24, 2.45) is 0 Å². The molecule has 0 saturated carbocycles. The van der Waals surface area contributed by atoms with Gasteiger partial charge in [-0.25, -0.2) is 9.37 Å². The Kier molecular flexibility index (Phi) is 3.62. The predicted octanol–water partition coefficient (Wildman–Crippen LogP) is 2.77. The van der Waals surface area contributed by atoms with Gasteiger partial charge < -0.3 is 14.5 Å². The fourth-order valence-electron chi connectivity index (χ4n) is 1.64. The average Bonchev–Trinajstić information content (AvgIpc) is 2.86. The molecule has 0 spiro atoms. The molecule has 4 nitrogen and oxygen atoms in total. The van der Waals surface area contributed by atoms with Crippen molar-refractivity contribution in [3.63, 3.8) is 0 Å². The van der Waals surface area contributed by atoms with Gasteiger partial charge in [-0.15, -0.1) is 0 Å². The van der Waals surface area contributed by atoms with Crippen LogP contribution in [0.2, 0.25) is 0 Å². The van der Waals surface area contributed by atoms with E-state index < -0.39 is 5.82 Å². The number of nitrogens with zero attached hydrogens (tertiary/aromatic N) is 1. The van der Waals surface area contributed by atoms with Gasteiger partial charge in [-0.05, 0) is 26.1 Å². The van der Waals surface area contributed by atoms with Gasteiger partial charge in [0.25, 0.3) is 0 Å². The third-order valence-corrected chi connectivity index (χ3v) is 2.77. The van der Waals surface area contributed by atoms with Gasteiger partial charge in [0, 0.05) is 0 Å². The molecule has 0 aliphatic carbocycles. The molecule has 0 radical (unpaired) electrons. The van der Waals surface area contributed by atoms with E-state index in [9.17, 15) is 4.39 Å². The second-order valence-electron chi connectivity index (χ2n) is 3.89. The standard InChI is InChI=1S/C13H15FN2O2/c1-8(15-2)13-16-7-11(18-13)12-9(14)5-4-6-10(12)17-3/h4-8,15H,1-3H3. The van der Waals surface area contributed by atoms with Gasteiger partial charge in [0.05, 0.1) is 24.9 Å². The molecule has 5 heteroatoms. The molecule has 1 heterocycles. The smallest absolute Gasteiger partial charge is 0.211 e. The summed E-state index contributed by atoms with van der Waals surface area (Å²) < 4.78 is 24.5. The Labute approximate surface area is 105 Å². The second-order valence-corrected chi connectivity index (χ2v) is 3.89. The third-order valence-electron chi connectivity index (χ3n) is 2.77. The molecule has 0 aliphatic rings. The first-order valence-corrected chi connectivity index (χ1v) is 5.63. The molecule has 0 bridgehead atoms. The van der Waals surface area contributed by atoms with Gasteiger partial charge in [-0.3, -0.25) is 0 Å². The quantitative estimate of drug-likeness (QED) is 0.906. The molecule has 2 rings (SSSR count). The molecule has 2 aromatic rings. The van der Waals surface area contributed by atoms with Crippen LogP contribution >= 0.6 is 0 Å². The van der Waals surface area contributed by atoms with Crippen LogP contribution in [0, 0.1) is 5.82 Å². The number of ether oxygens (including phenoxy) is 1. The molecule has 1 N–H and O–H groups in total. The van der Waals surface area contributed by atoms with Crippen LogP contribution in [-0.4, -0.2) is 19.1 Å². The second kappa shape index (κ2) is 5.18. The maximum absolute atomic E-state index is 13.8. The number of rotatable bonds is 4. The van der Waals surface area contributed by atoms with E-state index in [2.05, 4.69) is 10.3 Å². The summed E-state index contributed by atoms with van der Waals surface area (Å²) in [5.41, 5.74) is 0.294. The zero-order valence-electron chi connectivity index (χ0n) is 10.5. The van der Waals surface area contributed by atoms with E-state index in [0.29, 0.717) is 23.0 Å². The maximum atomic E-state index is 13.8. The van der Waals surface area contributed by atoms with Crippen molar-refractivity contribution in [2.75, 3.05) is 14.2 Å². The molecule has 1 atom stereocenters. The SMILES string of the molecule is CNC(C)c1ncc(-c2c(F)cccc2OC)o1. The fourth-order valence-corrected chi connectivity index (χ4v) is 1.64. The highest BCUT2D eigenvalue weighted by Gasteiger charge is 2.17. The number of oxazole rings is 1. The number of halogens is 1. The molecule has 0 fully saturated rings. The van der Waals surface area contributed by atoms with Gasteiger partial charge in [0.2, 0.25) is 5.89 Å². The minimum absolute atomic E-state index is 0.0310. The first-order valence-electron chi connectivity index (χ1n) is 5.63. The summed E-state index contributed by atoms with van der Waals surface area (Å²) in [7, 11) is 3.30. The number of benzene rings is 1. The van der Waals surface area contributed by atoms with E-state index in [1.54, 1.807) is 19.2 Å². The molecule has 1 aromatic carbocycles. The molecule has 0 aliphatic heterocycles. The van der Waals surface area contributed by atoms with Gasteiger partial charge >= 0.3 is 0 Å². The Balaban J connectivity index is 2.46. The van der Waals surface area contributed by atoms with Gasteiger partial charge in [0.1, 0.15) is 11.6 Å². The monoisotopic (exact) mass is 250 g/mol. The fraction of sp³-hybridized carbons (Fsp3) is 0.308. The van der Waals surface area contributed by atoms with Crippen molar-refractivity contribution in [3.8, 4) is 17.1 Å². The lowest BCUT2D eigenvalue weighted by molar-refractivity contribution is 0.406. The van der Waals surface area contributed by atoms with Crippen LogP contribution in [0.5, 0.6) is 5.75 Å². The highest BCUT2D eigenvalue weighted by Crippen LogP contribution is 2.33. The Morgan fingerprint density at radius 1 is 1.44 bits per heavy atom. The van der Waals surface area contributed by atoms with Crippen molar-refractivity contribution < 1.29 is 13.5 Å². The summed E-state index contributed by atoms with van der Waals surface area (Å²) >= 11 is 0. The average molecular weight is 250 g/mol. The summed E-state index contributed by atoms with van der Waals surface area (Å²) in [5.74, 6) is 0.906. The van der Waals surface area contributed by atoms with Crippen LogP contribution in [0.4, 0.5) is 4.39 Å². The van der Waals surface area contributed by atoms with Crippen LogP contribution in [-0.2, 0) is 0 Å². The lowest BCUT2D eigenvalue weighted by Gasteiger charge is -2.07. The number of hydrogen-bond acceptors (Lipinski definition) is 4. The molecule has 0 amide bonds. The summed E-state index contributed by atoms with van der Waals surface area (Å²) in [4.78, 5) is 4.13. The summed E-state index contributed by atoms with van der Waals surface area (Å²) in [6, 6.07) is 4.60. The molecule has 0 saturated heterocycles. The van der Waals surface area contributed by atoms with E-state index in [1.807, 2.05) is 6.92 Å². The Hall–Kier alpha value is -1.88. The minimum atomic E-state index is -0.394. The summed E-state index contributed by atoms with van der Waals surface area (Å²) in [6.07, 6.45) is 1.50. The number of nitrogens with one attached hydrogen (secondary N) is 1. The molecule has 1 aromatic heterocycles. The number of methoxy groups -OCH3 is 1. The lowest BCUT2D eigenvalue weighted by Crippen LogP contribution is -2.12. The van der Waals surface area contributed by atoms with Gasteiger partial charge in [-0.1, -0.05) is 6.07 Å². The summed E-state index contributed by atoms with van der Waals surface area (Å²) in [6.45, 7) is 1.91. The van der Waals surface area contributed by atoms with Crippen LogP contribution in [0.25, 0.3) is 11.3 Å². The number of hydrogen-bond donors (Lipinski definition) is 1. The Morgan fingerprint density at radius 3 is 2.89 bits per heavy atom. The van der Waals surface area contributed by atoms with Crippen LogP contribution in [0.15, 0.2) is 28.8 Å². The van der Waals surface area contributed by atoms with Crippen molar-refractivity contribution in [1.29, 1.82) is 0 Å². The first kappa shape index (κ1) is 12.6. The van der Waals surface area contributed by atoms with Crippen LogP contribution < -0.4 is 10.1 Å². The minimum Gasteiger partial charge on any atom is -0.496 e. The molecular weight excluding hydrogens is 235 g/mol. The topological polar surface area (TPSA) is 47.3 Å². The van der Waals surface area contributed by atoms with Crippen molar-refractivity contribution in [3.05, 3.63) is 36.1 Å². The molecule has 1 unspecified atom stereocenters. The van der Waals surface area contributed by atoms with Crippen LogP contribution in [0.1, 0.15) is 18.9 Å². The molecular formula is C13H15FN2O2. The molecule has 18 heavy (non-hydrogen) atoms. The van der Waals surface area contributed by atoms with Gasteiger partial charge in [-0.2, -0.15) is 0 Å². The predicted molar refractivity (Wildman–Crippen MR) is 65.9 cm³/mol. The van der Waals surface area contributed by atoms with Crippen molar-refractivity contribution in [1.82, 2.24) is 10.3 Å². The van der Waals surface area contributed by atoms with E-state index in [0.717, 1.165) is 0 Å². The van der Waals surface area contributed by atoms with E-state index in [1.165, 1.54) is 19.4 Å². The maximum Gasteiger partial charge on any atom is 0.211 e. The Morgan fingerprint density at radius 2 is 2.22 bits per heavy atom. The highest BCUT2D eigenvalue weighted by molar-refractivity contribution is 5.65. The summed E-state index contributed by atoms with van der Waals surface area (Å²) in [5, 5.41) is 3.01. The number of aromatic nitrogens is 1. The zero-order chi connectivity index (χ0) is 13.1. The van der Waals surface area contributed by atoms with Crippen LogP contribution in [0.3, 0.4) is 0 Å². The normalized spacial score (nSPS) is 12.4. The van der Waals surface area contributed by atoms with Crippen molar-refractivity contribution in [2.45, 2.75) is 13.0 Å². The highest BCUT2D eigenvalue weighted by atomic mass is 19.1. The largest absolute Gasteiger partial charge is 0.496 e. The zero-order valence-corrected chi connectivity index (χ0v) is 10.5. The Bertz CT molecular complexity index is 540.